The Hall–Kier alpha value is -2.10. The molecular weight excluding hydrogens is 242 g/mol. The number of rotatable bonds is 1. The van der Waals surface area contributed by atoms with Crippen molar-refractivity contribution in [1.29, 1.82) is 0 Å². The Labute approximate surface area is 109 Å². The number of para-hydroxylation sites is 1. The SMILES string of the molecule is O=C1CC(C(=O)O)Cc2c1c1cccc3c1n2CC3. The minimum atomic E-state index is -0.865. The van der Waals surface area contributed by atoms with E-state index in [0.29, 0.717) is 6.42 Å². The van der Waals surface area contributed by atoms with E-state index >= 15 is 0 Å². The molecule has 4 rings (SSSR count). The molecule has 1 aliphatic carbocycles. The number of nitrogens with zero attached hydrogens (tertiary/aromatic N) is 1. The fourth-order valence-corrected chi connectivity index (χ4v) is 3.55. The Morgan fingerprint density at radius 2 is 2.16 bits per heavy atom. The second-order valence-electron chi connectivity index (χ2n) is 5.40. The van der Waals surface area contributed by atoms with Crippen molar-refractivity contribution in [1.82, 2.24) is 4.57 Å². The molecule has 0 radical (unpaired) electrons. The summed E-state index contributed by atoms with van der Waals surface area (Å²) in [5.74, 6) is -1.45. The molecule has 1 aromatic heterocycles. The molecule has 1 N–H and O–H groups in total. The predicted molar refractivity (Wildman–Crippen MR) is 69.4 cm³/mol. The molecule has 2 heterocycles. The first kappa shape index (κ1) is 10.8. The molecule has 1 unspecified atom stereocenters. The van der Waals surface area contributed by atoms with Crippen LogP contribution in [0.15, 0.2) is 18.2 Å². The van der Waals surface area contributed by atoms with Crippen molar-refractivity contribution in [3.8, 4) is 0 Å². The second-order valence-corrected chi connectivity index (χ2v) is 5.40. The molecule has 0 saturated heterocycles. The number of ketones is 1. The standard InChI is InChI=1S/C15H13NO3/c17-12-7-9(15(18)19)6-11-13(12)10-3-1-2-8-4-5-16(11)14(8)10/h1-3,9H,4-7H2,(H,18,19). The number of carboxylic acid groups (broad SMARTS) is 1. The lowest BCUT2D eigenvalue weighted by Gasteiger charge is -2.19. The number of fused-ring (bicyclic) bond motifs is 3. The lowest BCUT2D eigenvalue weighted by atomic mass is 9.85. The van der Waals surface area contributed by atoms with Gasteiger partial charge in [-0.05, 0) is 12.0 Å². The number of carbonyl (C=O) groups is 2. The molecule has 0 saturated carbocycles. The molecule has 0 spiro atoms. The molecule has 1 aliphatic heterocycles. The van der Waals surface area contributed by atoms with Gasteiger partial charge in [0.25, 0.3) is 0 Å². The lowest BCUT2D eigenvalue weighted by Crippen LogP contribution is -2.27. The van der Waals surface area contributed by atoms with E-state index in [-0.39, 0.29) is 12.2 Å². The first-order valence-electron chi connectivity index (χ1n) is 6.56. The molecule has 0 amide bonds. The maximum Gasteiger partial charge on any atom is 0.307 e. The molecule has 1 atom stereocenters. The highest BCUT2D eigenvalue weighted by molar-refractivity contribution is 6.12. The smallest absolute Gasteiger partial charge is 0.307 e. The number of aliphatic carboxylic acids is 1. The summed E-state index contributed by atoms with van der Waals surface area (Å²) in [6.45, 7) is 0.866. The van der Waals surface area contributed by atoms with Crippen LogP contribution in [0.25, 0.3) is 10.9 Å². The van der Waals surface area contributed by atoms with E-state index < -0.39 is 11.9 Å². The minimum Gasteiger partial charge on any atom is -0.481 e. The number of Topliss-reactive ketones (excluding diaryl/α,β-unsaturated/α-hetero) is 1. The second kappa shape index (κ2) is 3.47. The maximum absolute atomic E-state index is 12.3. The summed E-state index contributed by atoms with van der Waals surface area (Å²) >= 11 is 0. The quantitative estimate of drug-likeness (QED) is 0.848. The molecule has 1 aromatic carbocycles. The van der Waals surface area contributed by atoms with Gasteiger partial charge in [-0.15, -0.1) is 0 Å². The zero-order chi connectivity index (χ0) is 13.1. The van der Waals surface area contributed by atoms with Gasteiger partial charge < -0.3 is 9.67 Å². The Kier molecular flexibility index (Phi) is 1.97. The molecular formula is C15H13NO3. The zero-order valence-corrected chi connectivity index (χ0v) is 10.3. The molecule has 0 fully saturated rings. The Morgan fingerprint density at radius 1 is 1.32 bits per heavy atom. The topological polar surface area (TPSA) is 59.3 Å². The summed E-state index contributed by atoms with van der Waals surface area (Å²) < 4.78 is 2.16. The number of hydrogen-bond donors (Lipinski definition) is 1. The van der Waals surface area contributed by atoms with Crippen LogP contribution in [-0.2, 0) is 24.2 Å². The van der Waals surface area contributed by atoms with Crippen LogP contribution in [0, 0.1) is 5.92 Å². The fourth-order valence-electron chi connectivity index (χ4n) is 3.55. The van der Waals surface area contributed by atoms with Crippen LogP contribution < -0.4 is 0 Å². The van der Waals surface area contributed by atoms with Crippen molar-refractivity contribution < 1.29 is 14.7 Å². The van der Waals surface area contributed by atoms with Gasteiger partial charge in [0.15, 0.2) is 5.78 Å². The molecule has 0 bridgehead atoms. The first-order chi connectivity index (χ1) is 9.16. The highest BCUT2D eigenvalue weighted by Gasteiger charge is 2.35. The Morgan fingerprint density at radius 3 is 2.95 bits per heavy atom. The van der Waals surface area contributed by atoms with Gasteiger partial charge in [-0.2, -0.15) is 0 Å². The van der Waals surface area contributed by atoms with E-state index in [4.69, 9.17) is 0 Å². The van der Waals surface area contributed by atoms with Crippen molar-refractivity contribution >= 4 is 22.7 Å². The highest BCUT2D eigenvalue weighted by atomic mass is 16.4. The summed E-state index contributed by atoms with van der Waals surface area (Å²) in [7, 11) is 0. The van der Waals surface area contributed by atoms with Crippen LogP contribution in [0.2, 0.25) is 0 Å². The Balaban J connectivity index is 2.02. The van der Waals surface area contributed by atoms with Crippen molar-refractivity contribution in [2.45, 2.75) is 25.8 Å². The third-order valence-corrected chi connectivity index (χ3v) is 4.38. The van der Waals surface area contributed by atoms with Gasteiger partial charge in [0.2, 0.25) is 0 Å². The third-order valence-electron chi connectivity index (χ3n) is 4.38. The molecule has 96 valence electrons. The summed E-state index contributed by atoms with van der Waals surface area (Å²) in [5, 5.41) is 10.2. The number of carboxylic acids is 1. The van der Waals surface area contributed by atoms with Crippen molar-refractivity contribution in [3.05, 3.63) is 35.0 Å². The zero-order valence-electron chi connectivity index (χ0n) is 10.3. The first-order valence-corrected chi connectivity index (χ1v) is 6.56. The van der Waals surface area contributed by atoms with Crippen molar-refractivity contribution in [3.63, 3.8) is 0 Å². The molecule has 2 aromatic rings. The van der Waals surface area contributed by atoms with Crippen LogP contribution in [0.1, 0.15) is 28.0 Å². The molecule has 4 heteroatoms. The van der Waals surface area contributed by atoms with Crippen LogP contribution in [0.5, 0.6) is 0 Å². The lowest BCUT2D eigenvalue weighted by molar-refractivity contribution is -0.141. The number of aryl methyl sites for hydroxylation is 2. The largest absolute Gasteiger partial charge is 0.481 e. The number of aromatic nitrogens is 1. The van der Waals surface area contributed by atoms with E-state index in [1.165, 1.54) is 5.56 Å². The minimum absolute atomic E-state index is 0.0172. The average molecular weight is 255 g/mol. The van der Waals surface area contributed by atoms with Gasteiger partial charge in [-0.1, -0.05) is 18.2 Å². The van der Waals surface area contributed by atoms with Crippen LogP contribution >= 0.6 is 0 Å². The molecule has 2 aliphatic rings. The maximum atomic E-state index is 12.3. The van der Waals surface area contributed by atoms with Gasteiger partial charge in [0.05, 0.1) is 11.4 Å². The number of hydrogen-bond acceptors (Lipinski definition) is 2. The van der Waals surface area contributed by atoms with Gasteiger partial charge in [0, 0.05) is 36.0 Å². The summed E-state index contributed by atoms with van der Waals surface area (Å²) in [4.78, 5) is 23.5. The van der Waals surface area contributed by atoms with Gasteiger partial charge >= 0.3 is 5.97 Å². The fraction of sp³-hybridized carbons (Fsp3) is 0.333. The van der Waals surface area contributed by atoms with E-state index in [1.807, 2.05) is 12.1 Å². The van der Waals surface area contributed by atoms with E-state index in [2.05, 4.69) is 10.6 Å². The van der Waals surface area contributed by atoms with Crippen LogP contribution in [0.3, 0.4) is 0 Å². The molecule has 19 heavy (non-hydrogen) atoms. The summed E-state index contributed by atoms with van der Waals surface area (Å²) in [6.07, 6.45) is 1.59. The van der Waals surface area contributed by atoms with Gasteiger partial charge in [-0.25, -0.2) is 0 Å². The Bertz CT molecular complexity index is 741. The highest BCUT2D eigenvalue weighted by Crippen LogP contribution is 2.38. The van der Waals surface area contributed by atoms with Gasteiger partial charge in [0.1, 0.15) is 0 Å². The van der Waals surface area contributed by atoms with E-state index in [0.717, 1.165) is 35.1 Å². The summed E-state index contributed by atoms with van der Waals surface area (Å²) in [6, 6.07) is 6.07. The predicted octanol–water partition coefficient (Wildman–Crippen LogP) is 2.03. The van der Waals surface area contributed by atoms with E-state index in [1.54, 1.807) is 0 Å². The monoisotopic (exact) mass is 255 g/mol. The normalized spacial score (nSPS) is 20.8. The van der Waals surface area contributed by atoms with Crippen molar-refractivity contribution in [2.24, 2.45) is 5.92 Å². The number of carbonyl (C=O) groups excluding carboxylic acids is 1. The molecule has 4 nitrogen and oxygen atoms in total. The van der Waals surface area contributed by atoms with Crippen LogP contribution in [0.4, 0.5) is 0 Å². The number of benzene rings is 1. The van der Waals surface area contributed by atoms with Crippen LogP contribution in [-0.4, -0.2) is 21.4 Å². The summed E-state index contributed by atoms with van der Waals surface area (Å²) in [5.41, 5.74) is 4.12. The third kappa shape index (κ3) is 1.28. The van der Waals surface area contributed by atoms with E-state index in [9.17, 15) is 14.7 Å². The van der Waals surface area contributed by atoms with Crippen molar-refractivity contribution in [2.75, 3.05) is 0 Å². The van der Waals surface area contributed by atoms with Gasteiger partial charge in [-0.3, -0.25) is 9.59 Å². The average Bonchev–Trinajstić information content (AvgIpc) is 2.94.